The Kier molecular flexibility index (Phi) is 6.73. The predicted octanol–water partition coefficient (Wildman–Crippen LogP) is 1.83. The molecule has 1 aromatic heterocycles. The molecule has 30 heavy (non-hydrogen) atoms. The normalized spacial score (nSPS) is 21.3. The summed E-state index contributed by atoms with van der Waals surface area (Å²) in [4.78, 5) is 29.3. The fraction of sp³-hybridized carbons (Fsp3) is 0.476. The molecular weight excluding hydrogens is 386 g/mol. The molecule has 9 nitrogen and oxygen atoms in total. The zero-order valence-electron chi connectivity index (χ0n) is 17.4. The van der Waals surface area contributed by atoms with Gasteiger partial charge in [0.15, 0.2) is 5.82 Å². The Morgan fingerprint density at radius 1 is 1.27 bits per heavy atom. The summed E-state index contributed by atoms with van der Waals surface area (Å²) >= 11 is 0. The summed E-state index contributed by atoms with van der Waals surface area (Å²) in [6.07, 6.45) is 4.59. The summed E-state index contributed by atoms with van der Waals surface area (Å²) in [6, 6.07) is 10.0. The molecule has 0 radical (unpaired) electrons. The molecule has 0 bridgehead atoms. The number of carbonyl (C=O) groups is 2. The van der Waals surface area contributed by atoms with E-state index in [4.69, 9.17) is 21.0 Å². The third-order valence-corrected chi connectivity index (χ3v) is 5.79. The van der Waals surface area contributed by atoms with Crippen LogP contribution in [0.1, 0.15) is 48.0 Å². The first kappa shape index (κ1) is 21.8. The molecule has 1 saturated carbocycles. The minimum atomic E-state index is -0.644. The maximum atomic E-state index is 12.6. The van der Waals surface area contributed by atoms with E-state index in [-0.39, 0.29) is 29.8 Å². The number of benzene rings is 1. The molecule has 1 aliphatic rings. The molecule has 162 valence electrons. The van der Waals surface area contributed by atoms with Crippen LogP contribution in [-0.2, 0) is 26.5 Å². The van der Waals surface area contributed by atoms with Crippen LogP contribution in [0, 0.1) is 0 Å². The van der Waals surface area contributed by atoms with E-state index in [1.54, 1.807) is 17.9 Å². The summed E-state index contributed by atoms with van der Waals surface area (Å²) in [5.41, 5.74) is 11.9. The van der Waals surface area contributed by atoms with Crippen molar-refractivity contribution in [1.29, 1.82) is 0 Å². The van der Waals surface area contributed by atoms with Crippen molar-refractivity contribution in [2.45, 2.75) is 50.4 Å². The van der Waals surface area contributed by atoms with Gasteiger partial charge in [-0.3, -0.25) is 19.1 Å². The highest BCUT2D eigenvalue weighted by atomic mass is 16.7. The average molecular weight is 415 g/mol. The van der Waals surface area contributed by atoms with Crippen LogP contribution in [0.4, 0.5) is 5.82 Å². The number of anilines is 1. The largest absolute Gasteiger partial charge is 0.382 e. The van der Waals surface area contributed by atoms with E-state index in [0.29, 0.717) is 19.4 Å². The standard InChI is InChI=1S/C21H29N5O4/c1-25(29-2)18(27)12-21(26-13-17(20(23)28)19(22)24-26)10-8-16(9-11-21)30-14-15-6-4-3-5-7-15/h3-7,13,16H,8-12,14H2,1-2H3,(H2,22,24)(H2,23,28). The minimum Gasteiger partial charge on any atom is -0.382 e. The monoisotopic (exact) mass is 415 g/mol. The topological polar surface area (TPSA) is 126 Å². The van der Waals surface area contributed by atoms with Gasteiger partial charge in [0.1, 0.15) is 5.56 Å². The number of carbonyl (C=O) groups excluding carboxylic acids is 2. The quantitative estimate of drug-likeness (QED) is 0.634. The highest BCUT2D eigenvalue weighted by molar-refractivity contribution is 5.96. The van der Waals surface area contributed by atoms with Crippen molar-refractivity contribution >= 4 is 17.6 Å². The lowest BCUT2D eigenvalue weighted by molar-refractivity contribution is -0.172. The highest BCUT2D eigenvalue weighted by Gasteiger charge is 2.41. The zero-order chi connectivity index (χ0) is 21.7. The average Bonchev–Trinajstić information content (AvgIpc) is 3.16. The maximum absolute atomic E-state index is 12.6. The zero-order valence-corrected chi connectivity index (χ0v) is 17.4. The Morgan fingerprint density at radius 3 is 2.50 bits per heavy atom. The van der Waals surface area contributed by atoms with Gasteiger partial charge in [0.2, 0.25) is 5.91 Å². The molecule has 1 heterocycles. The molecule has 0 atom stereocenters. The van der Waals surface area contributed by atoms with Crippen LogP contribution < -0.4 is 11.5 Å². The Balaban J connectivity index is 1.75. The van der Waals surface area contributed by atoms with Crippen molar-refractivity contribution in [2.24, 2.45) is 5.73 Å². The van der Waals surface area contributed by atoms with Crippen molar-refractivity contribution in [1.82, 2.24) is 14.8 Å². The maximum Gasteiger partial charge on any atom is 0.254 e. The number of hydrogen-bond donors (Lipinski definition) is 2. The molecular formula is C21H29N5O4. The number of hydrogen-bond acceptors (Lipinski definition) is 6. The SMILES string of the molecule is CON(C)C(=O)CC1(n2cc(C(N)=O)c(N)n2)CCC(OCc2ccccc2)CC1. The van der Waals surface area contributed by atoms with E-state index in [2.05, 4.69) is 5.10 Å². The lowest BCUT2D eigenvalue weighted by Crippen LogP contribution is -2.44. The smallest absolute Gasteiger partial charge is 0.254 e. The van der Waals surface area contributed by atoms with Gasteiger partial charge in [-0.2, -0.15) is 5.10 Å². The summed E-state index contributed by atoms with van der Waals surface area (Å²) in [5.74, 6) is -0.762. The van der Waals surface area contributed by atoms with E-state index in [9.17, 15) is 9.59 Å². The molecule has 3 rings (SSSR count). The minimum absolute atomic E-state index is 0.0665. The highest BCUT2D eigenvalue weighted by Crippen LogP contribution is 2.40. The molecule has 9 heteroatoms. The van der Waals surface area contributed by atoms with Crippen molar-refractivity contribution in [2.75, 3.05) is 19.9 Å². The number of primary amides is 1. The first-order valence-corrected chi connectivity index (χ1v) is 9.96. The molecule has 0 aliphatic heterocycles. The number of nitrogens with two attached hydrogens (primary N) is 2. The lowest BCUT2D eigenvalue weighted by atomic mass is 9.77. The van der Waals surface area contributed by atoms with E-state index in [1.165, 1.54) is 12.2 Å². The van der Waals surface area contributed by atoms with Crippen LogP contribution in [0.3, 0.4) is 0 Å². The molecule has 0 saturated heterocycles. The number of rotatable bonds is 8. The second-order valence-electron chi connectivity index (χ2n) is 7.71. The second-order valence-corrected chi connectivity index (χ2v) is 7.71. The number of nitrogens with zero attached hydrogens (tertiary/aromatic N) is 3. The third kappa shape index (κ3) is 4.80. The molecule has 2 aromatic rings. The van der Waals surface area contributed by atoms with Gasteiger partial charge < -0.3 is 16.2 Å². The number of nitrogen functional groups attached to an aromatic ring is 1. The summed E-state index contributed by atoms with van der Waals surface area (Å²) in [6.45, 7) is 0.546. The number of ether oxygens (including phenoxy) is 1. The van der Waals surface area contributed by atoms with Gasteiger partial charge in [-0.15, -0.1) is 0 Å². The fourth-order valence-corrected chi connectivity index (χ4v) is 3.89. The van der Waals surface area contributed by atoms with Crippen molar-refractivity contribution in [3.05, 3.63) is 47.7 Å². The predicted molar refractivity (Wildman–Crippen MR) is 111 cm³/mol. The van der Waals surface area contributed by atoms with Gasteiger partial charge in [-0.25, -0.2) is 5.06 Å². The van der Waals surface area contributed by atoms with Gasteiger partial charge in [-0.05, 0) is 31.2 Å². The number of aromatic nitrogens is 2. The van der Waals surface area contributed by atoms with E-state index >= 15 is 0 Å². The van der Waals surface area contributed by atoms with Crippen molar-refractivity contribution < 1.29 is 19.2 Å². The first-order chi connectivity index (χ1) is 14.3. The van der Waals surface area contributed by atoms with Gasteiger partial charge in [0, 0.05) is 13.2 Å². The van der Waals surface area contributed by atoms with Crippen LogP contribution in [0.25, 0.3) is 0 Å². The Morgan fingerprint density at radius 2 is 1.93 bits per heavy atom. The second kappa shape index (κ2) is 9.27. The van der Waals surface area contributed by atoms with E-state index in [0.717, 1.165) is 18.4 Å². The van der Waals surface area contributed by atoms with Crippen LogP contribution in [0.15, 0.2) is 36.5 Å². The molecule has 1 fully saturated rings. The Labute approximate surface area is 175 Å². The Hall–Kier alpha value is -2.91. The number of amides is 2. The van der Waals surface area contributed by atoms with Crippen molar-refractivity contribution in [3.63, 3.8) is 0 Å². The lowest BCUT2D eigenvalue weighted by Gasteiger charge is -2.40. The molecule has 1 aromatic carbocycles. The van der Waals surface area contributed by atoms with E-state index in [1.807, 2.05) is 30.3 Å². The summed E-state index contributed by atoms with van der Waals surface area (Å²) in [5, 5.41) is 5.52. The van der Waals surface area contributed by atoms with Crippen LogP contribution in [-0.4, -0.2) is 46.9 Å². The van der Waals surface area contributed by atoms with Crippen LogP contribution in [0.5, 0.6) is 0 Å². The van der Waals surface area contributed by atoms with Crippen LogP contribution >= 0.6 is 0 Å². The molecule has 0 unspecified atom stereocenters. The molecule has 0 spiro atoms. The van der Waals surface area contributed by atoms with Crippen LogP contribution in [0.2, 0.25) is 0 Å². The molecule has 2 amide bonds. The summed E-state index contributed by atoms with van der Waals surface area (Å²) < 4.78 is 7.73. The molecule has 1 aliphatic carbocycles. The van der Waals surface area contributed by atoms with E-state index < -0.39 is 11.4 Å². The van der Waals surface area contributed by atoms with Gasteiger partial charge in [0.25, 0.3) is 5.91 Å². The molecule has 4 N–H and O–H groups in total. The fourth-order valence-electron chi connectivity index (χ4n) is 3.89. The Bertz CT molecular complexity index is 875. The van der Waals surface area contributed by atoms with Gasteiger partial charge in [-0.1, -0.05) is 30.3 Å². The van der Waals surface area contributed by atoms with Gasteiger partial charge in [0.05, 0.1) is 31.8 Å². The number of hydroxylamine groups is 2. The summed E-state index contributed by atoms with van der Waals surface area (Å²) in [7, 11) is 3.01. The first-order valence-electron chi connectivity index (χ1n) is 9.96. The third-order valence-electron chi connectivity index (χ3n) is 5.79. The van der Waals surface area contributed by atoms with Crippen molar-refractivity contribution in [3.8, 4) is 0 Å². The van der Waals surface area contributed by atoms with Gasteiger partial charge >= 0.3 is 0 Å².